The zero-order valence-corrected chi connectivity index (χ0v) is 17.3. The van der Waals surface area contributed by atoms with Gasteiger partial charge in [0.15, 0.2) is 0 Å². The van der Waals surface area contributed by atoms with E-state index in [2.05, 4.69) is 10.6 Å². The van der Waals surface area contributed by atoms with Gasteiger partial charge in [-0.25, -0.2) is 8.78 Å². The van der Waals surface area contributed by atoms with E-state index in [0.717, 1.165) is 11.3 Å². The lowest BCUT2D eigenvalue weighted by molar-refractivity contribution is -0.126. The van der Waals surface area contributed by atoms with Gasteiger partial charge in [0.1, 0.15) is 11.6 Å². The van der Waals surface area contributed by atoms with Gasteiger partial charge in [0, 0.05) is 23.7 Å². The van der Waals surface area contributed by atoms with E-state index in [1.807, 2.05) is 36.9 Å². The van der Waals surface area contributed by atoms with Crippen LogP contribution in [0.3, 0.4) is 0 Å². The third-order valence-corrected chi connectivity index (χ3v) is 5.62. The molecule has 1 fully saturated rings. The van der Waals surface area contributed by atoms with Crippen LogP contribution in [0.1, 0.15) is 29.5 Å². The third-order valence-electron chi connectivity index (χ3n) is 5.62. The molecule has 2 aromatic rings. The van der Waals surface area contributed by atoms with Crippen molar-refractivity contribution in [3.05, 3.63) is 64.7 Å². The summed E-state index contributed by atoms with van der Waals surface area (Å²) in [6, 6.07) is 9.44. The van der Waals surface area contributed by atoms with Crippen LogP contribution in [0.2, 0.25) is 0 Å². The molecule has 1 saturated heterocycles. The number of hydrogen-bond donors (Lipinski definition) is 2. The van der Waals surface area contributed by atoms with Gasteiger partial charge in [0.05, 0.1) is 6.54 Å². The minimum Gasteiger partial charge on any atom is -0.352 e. The Morgan fingerprint density at radius 1 is 1.03 bits per heavy atom. The summed E-state index contributed by atoms with van der Waals surface area (Å²) in [5, 5.41) is 5.54. The molecule has 2 N–H and O–H groups in total. The van der Waals surface area contributed by atoms with Gasteiger partial charge >= 0.3 is 0 Å². The van der Waals surface area contributed by atoms with E-state index in [9.17, 15) is 18.4 Å². The van der Waals surface area contributed by atoms with Crippen molar-refractivity contribution in [2.24, 2.45) is 5.92 Å². The first-order chi connectivity index (χ1) is 14.3. The van der Waals surface area contributed by atoms with E-state index in [4.69, 9.17) is 0 Å². The molecule has 0 aliphatic carbocycles. The monoisotopic (exact) mass is 415 g/mol. The molecule has 0 bridgehead atoms. The fourth-order valence-corrected chi connectivity index (χ4v) is 3.60. The van der Waals surface area contributed by atoms with Gasteiger partial charge in [0.25, 0.3) is 0 Å². The van der Waals surface area contributed by atoms with Crippen molar-refractivity contribution >= 4 is 17.5 Å². The van der Waals surface area contributed by atoms with Gasteiger partial charge in [-0.1, -0.05) is 12.1 Å². The van der Waals surface area contributed by atoms with E-state index in [-0.39, 0.29) is 36.4 Å². The largest absolute Gasteiger partial charge is 0.352 e. The van der Waals surface area contributed by atoms with Crippen molar-refractivity contribution in [3.8, 4) is 0 Å². The molecular weight excluding hydrogens is 388 g/mol. The predicted octanol–water partition coefficient (Wildman–Crippen LogP) is 3.55. The summed E-state index contributed by atoms with van der Waals surface area (Å²) >= 11 is 0. The van der Waals surface area contributed by atoms with Crippen molar-refractivity contribution in [3.63, 3.8) is 0 Å². The molecule has 5 nitrogen and oxygen atoms in total. The normalized spacial score (nSPS) is 15.1. The van der Waals surface area contributed by atoms with Crippen LogP contribution in [-0.4, -0.2) is 36.3 Å². The fourth-order valence-electron chi connectivity index (χ4n) is 3.60. The third kappa shape index (κ3) is 5.63. The molecule has 2 aromatic carbocycles. The standard InChI is InChI=1S/C23H27F2N3O2/c1-15-6-7-18(12-16(15)2)27-22(29)14-28-10-8-17(9-11-28)23(30)26-13-19-20(24)4-3-5-21(19)25/h3-7,12,17H,8-11,13-14H2,1-2H3,(H,26,30)(H,27,29). The van der Waals surface area contributed by atoms with Gasteiger partial charge in [-0.05, 0) is 75.2 Å². The van der Waals surface area contributed by atoms with Crippen LogP contribution in [0.4, 0.5) is 14.5 Å². The highest BCUT2D eigenvalue weighted by molar-refractivity contribution is 5.92. The molecular formula is C23H27F2N3O2. The zero-order valence-electron chi connectivity index (χ0n) is 17.3. The number of likely N-dealkylation sites (tertiary alicyclic amines) is 1. The summed E-state index contributed by atoms with van der Waals surface area (Å²) in [7, 11) is 0. The molecule has 0 saturated carbocycles. The Bertz CT molecular complexity index is 904. The molecule has 1 aliphatic heterocycles. The topological polar surface area (TPSA) is 61.4 Å². The molecule has 0 aromatic heterocycles. The summed E-state index contributed by atoms with van der Waals surface area (Å²) in [6.45, 7) is 5.35. The molecule has 0 spiro atoms. The summed E-state index contributed by atoms with van der Waals surface area (Å²) < 4.78 is 27.4. The van der Waals surface area contributed by atoms with Crippen LogP contribution < -0.4 is 10.6 Å². The molecule has 0 atom stereocenters. The molecule has 1 heterocycles. The van der Waals surface area contributed by atoms with Gasteiger partial charge in [-0.3, -0.25) is 14.5 Å². The van der Waals surface area contributed by atoms with Crippen LogP contribution in [0, 0.1) is 31.4 Å². The van der Waals surface area contributed by atoms with Crippen LogP contribution in [0.15, 0.2) is 36.4 Å². The Labute approximate surface area is 175 Å². The Balaban J connectivity index is 1.43. The number of carbonyl (C=O) groups is 2. The van der Waals surface area contributed by atoms with Crippen LogP contribution >= 0.6 is 0 Å². The van der Waals surface area contributed by atoms with Crippen LogP contribution in [0.25, 0.3) is 0 Å². The van der Waals surface area contributed by atoms with E-state index in [1.54, 1.807) is 0 Å². The number of halogens is 2. The van der Waals surface area contributed by atoms with Gasteiger partial charge in [-0.2, -0.15) is 0 Å². The van der Waals surface area contributed by atoms with Crippen molar-refractivity contribution in [2.45, 2.75) is 33.2 Å². The second kappa shape index (κ2) is 9.80. The number of piperidine rings is 1. The maximum atomic E-state index is 13.7. The SMILES string of the molecule is Cc1ccc(NC(=O)CN2CCC(C(=O)NCc3c(F)cccc3F)CC2)cc1C. The predicted molar refractivity (Wildman–Crippen MR) is 112 cm³/mol. The summed E-state index contributed by atoms with van der Waals surface area (Å²) in [5.41, 5.74) is 2.94. The van der Waals surface area contributed by atoms with E-state index >= 15 is 0 Å². The van der Waals surface area contributed by atoms with E-state index in [1.165, 1.54) is 23.8 Å². The average Bonchev–Trinajstić information content (AvgIpc) is 2.71. The number of anilines is 1. The first kappa shape index (κ1) is 21.9. The zero-order chi connectivity index (χ0) is 21.7. The lowest BCUT2D eigenvalue weighted by Crippen LogP contribution is -2.43. The number of nitrogens with one attached hydrogen (secondary N) is 2. The molecule has 2 amide bonds. The first-order valence-electron chi connectivity index (χ1n) is 10.1. The maximum Gasteiger partial charge on any atom is 0.238 e. The second-order valence-electron chi connectivity index (χ2n) is 7.82. The number of carbonyl (C=O) groups excluding carboxylic acids is 2. The molecule has 160 valence electrons. The Morgan fingerprint density at radius 2 is 1.70 bits per heavy atom. The summed E-state index contributed by atoms with van der Waals surface area (Å²) in [5.74, 6) is -1.85. The number of aryl methyl sites for hydroxylation is 2. The van der Waals surface area contributed by atoms with Crippen molar-refractivity contribution in [1.29, 1.82) is 0 Å². The van der Waals surface area contributed by atoms with Gasteiger partial charge in [0.2, 0.25) is 11.8 Å². The van der Waals surface area contributed by atoms with Crippen LogP contribution in [-0.2, 0) is 16.1 Å². The van der Waals surface area contributed by atoms with Gasteiger partial charge < -0.3 is 10.6 Å². The Morgan fingerprint density at radius 3 is 2.33 bits per heavy atom. The highest BCUT2D eigenvalue weighted by atomic mass is 19.1. The Hall–Kier alpha value is -2.80. The van der Waals surface area contributed by atoms with Crippen molar-refractivity contribution in [1.82, 2.24) is 10.2 Å². The fraction of sp³-hybridized carbons (Fsp3) is 0.391. The smallest absolute Gasteiger partial charge is 0.238 e. The number of hydrogen-bond acceptors (Lipinski definition) is 3. The van der Waals surface area contributed by atoms with Crippen molar-refractivity contribution in [2.75, 3.05) is 25.0 Å². The number of rotatable bonds is 6. The Kier molecular flexibility index (Phi) is 7.15. The van der Waals surface area contributed by atoms with Gasteiger partial charge in [-0.15, -0.1) is 0 Å². The first-order valence-corrected chi connectivity index (χ1v) is 10.1. The lowest BCUT2D eigenvalue weighted by atomic mass is 9.95. The molecule has 7 heteroatoms. The second-order valence-corrected chi connectivity index (χ2v) is 7.82. The molecule has 0 unspecified atom stereocenters. The van der Waals surface area contributed by atoms with Crippen LogP contribution in [0.5, 0.6) is 0 Å². The van der Waals surface area contributed by atoms with E-state index < -0.39 is 11.6 Å². The summed E-state index contributed by atoms with van der Waals surface area (Å²) in [4.78, 5) is 26.7. The minimum absolute atomic E-state index is 0.0869. The maximum absolute atomic E-state index is 13.7. The highest BCUT2D eigenvalue weighted by Gasteiger charge is 2.26. The highest BCUT2D eigenvalue weighted by Crippen LogP contribution is 2.19. The minimum atomic E-state index is -0.667. The average molecular weight is 415 g/mol. The molecule has 3 rings (SSSR count). The number of amides is 2. The summed E-state index contributed by atoms with van der Waals surface area (Å²) in [6.07, 6.45) is 1.20. The molecule has 30 heavy (non-hydrogen) atoms. The number of benzene rings is 2. The van der Waals surface area contributed by atoms with E-state index in [0.29, 0.717) is 25.9 Å². The molecule has 1 aliphatic rings. The molecule has 0 radical (unpaired) electrons. The lowest BCUT2D eigenvalue weighted by Gasteiger charge is -2.30. The quantitative estimate of drug-likeness (QED) is 0.759. The van der Waals surface area contributed by atoms with Crippen molar-refractivity contribution < 1.29 is 18.4 Å². The number of nitrogens with zero attached hydrogens (tertiary/aromatic N) is 1.